The van der Waals surface area contributed by atoms with Crippen molar-refractivity contribution >= 4 is 22.0 Å². The molecular formula is C16H14N2O4S. The van der Waals surface area contributed by atoms with Crippen molar-refractivity contribution in [2.24, 2.45) is 0 Å². The van der Waals surface area contributed by atoms with Crippen LogP contribution >= 0.6 is 0 Å². The van der Waals surface area contributed by atoms with Crippen LogP contribution < -0.4 is 10.3 Å². The van der Waals surface area contributed by atoms with Crippen LogP contribution in [-0.4, -0.2) is 31.5 Å². The van der Waals surface area contributed by atoms with E-state index in [1.54, 1.807) is 30.4 Å². The predicted octanol–water partition coefficient (Wildman–Crippen LogP) is 1.36. The molecule has 0 radical (unpaired) electrons. The summed E-state index contributed by atoms with van der Waals surface area (Å²) in [5.74, 6) is 1.96. The number of benzene rings is 1. The molecule has 0 unspecified atom stereocenters. The largest absolute Gasteiger partial charge is 0.495 e. The second kappa shape index (κ2) is 6.94. The molecule has 0 saturated carbocycles. The second-order valence-corrected chi connectivity index (χ2v) is 6.51. The Morgan fingerprint density at radius 2 is 2.09 bits per heavy atom. The van der Waals surface area contributed by atoms with Crippen LogP contribution in [0.4, 0.5) is 0 Å². The van der Waals surface area contributed by atoms with Gasteiger partial charge in [-0.2, -0.15) is 5.10 Å². The van der Waals surface area contributed by atoms with E-state index in [2.05, 4.69) is 16.1 Å². The average molecular weight is 330 g/mol. The molecule has 0 aliphatic heterocycles. The lowest BCUT2D eigenvalue weighted by atomic mass is 10.2. The quantitative estimate of drug-likeness (QED) is 0.836. The Bertz CT molecular complexity index is 917. The van der Waals surface area contributed by atoms with Crippen LogP contribution in [-0.2, 0) is 9.84 Å². The number of hydrogen-bond donors (Lipinski definition) is 1. The minimum atomic E-state index is -3.58. The Hall–Kier alpha value is -2.85. The predicted molar refractivity (Wildman–Crippen MR) is 87.7 cm³/mol. The maximum absolute atomic E-state index is 12.1. The van der Waals surface area contributed by atoms with Gasteiger partial charge in [-0.15, -0.1) is 6.42 Å². The van der Waals surface area contributed by atoms with Crippen molar-refractivity contribution in [2.45, 2.75) is 4.90 Å². The highest BCUT2D eigenvalue weighted by Gasteiger charge is 2.18. The molecule has 1 heterocycles. The molecule has 6 nitrogen and oxygen atoms in total. The van der Waals surface area contributed by atoms with Gasteiger partial charge in [-0.05, 0) is 29.8 Å². The van der Waals surface area contributed by atoms with E-state index in [-0.39, 0.29) is 22.0 Å². The van der Waals surface area contributed by atoms with Crippen molar-refractivity contribution in [3.05, 3.63) is 51.9 Å². The zero-order valence-corrected chi connectivity index (χ0v) is 13.1. The Balaban J connectivity index is 2.34. The van der Waals surface area contributed by atoms with Gasteiger partial charge in [0.1, 0.15) is 16.4 Å². The first-order chi connectivity index (χ1) is 11.0. The number of hydrogen-bond acceptors (Lipinski definition) is 5. The lowest BCUT2D eigenvalue weighted by Crippen LogP contribution is -2.07. The fraction of sp³-hybridized carbons (Fsp3) is 0.125. The van der Waals surface area contributed by atoms with Crippen molar-refractivity contribution in [1.82, 2.24) is 10.2 Å². The molecule has 1 aromatic carbocycles. The number of aromatic amines is 1. The summed E-state index contributed by atoms with van der Waals surface area (Å²) in [5.41, 5.74) is 0.994. The molecule has 2 aromatic rings. The van der Waals surface area contributed by atoms with Gasteiger partial charge >= 0.3 is 0 Å². The minimum Gasteiger partial charge on any atom is -0.495 e. The van der Waals surface area contributed by atoms with Crippen LogP contribution in [0.2, 0.25) is 0 Å². The van der Waals surface area contributed by atoms with Gasteiger partial charge in [0.05, 0.1) is 12.8 Å². The number of methoxy groups -OCH3 is 1. The fourth-order valence-electron chi connectivity index (χ4n) is 1.86. The topological polar surface area (TPSA) is 89.1 Å². The van der Waals surface area contributed by atoms with E-state index < -0.39 is 9.84 Å². The molecule has 1 N–H and O–H groups in total. The molecule has 0 spiro atoms. The number of nitrogens with zero attached hydrogens (tertiary/aromatic N) is 1. The van der Waals surface area contributed by atoms with Crippen LogP contribution in [0.1, 0.15) is 11.3 Å². The highest BCUT2D eigenvalue weighted by atomic mass is 32.2. The molecule has 0 saturated heterocycles. The van der Waals surface area contributed by atoms with Crippen molar-refractivity contribution < 1.29 is 13.2 Å². The van der Waals surface area contributed by atoms with Crippen LogP contribution in [0.15, 0.2) is 40.0 Å². The van der Waals surface area contributed by atoms with E-state index in [1.807, 2.05) is 0 Å². The lowest BCUT2D eigenvalue weighted by Gasteiger charge is -2.08. The van der Waals surface area contributed by atoms with E-state index in [9.17, 15) is 13.2 Å². The number of aromatic nitrogens is 2. The van der Waals surface area contributed by atoms with Gasteiger partial charge in [-0.3, -0.25) is 4.79 Å². The molecule has 0 aliphatic rings. The lowest BCUT2D eigenvalue weighted by molar-refractivity contribution is 0.402. The highest BCUT2D eigenvalue weighted by Crippen LogP contribution is 2.26. The van der Waals surface area contributed by atoms with E-state index in [0.717, 1.165) is 5.56 Å². The summed E-state index contributed by atoms with van der Waals surface area (Å²) < 4.78 is 29.2. The zero-order valence-electron chi connectivity index (χ0n) is 12.3. The monoisotopic (exact) mass is 330 g/mol. The molecule has 0 bridgehead atoms. The Labute approximate surface area is 133 Å². The van der Waals surface area contributed by atoms with E-state index in [0.29, 0.717) is 5.69 Å². The third kappa shape index (κ3) is 4.08. The molecule has 0 atom stereocenters. The summed E-state index contributed by atoms with van der Waals surface area (Å²) in [4.78, 5) is 11.0. The molecule has 1 aromatic heterocycles. The first-order valence-corrected chi connectivity index (χ1v) is 8.19. The molecule has 2 rings (SSSR count). The first-order valence-electron chi connectivity index (χ1n) is 6.54. The molecule has 118 valence electrons. The highest BCUT2D eigenvalue weighted by molar-refractivity contribution is 7.91. The van der Waals surface area contributed by atoms with E-state index >= 15 is 0 Å². The smallest absolute Gasteiger partial charge is 0.264 e. The zero-order chi connectivity index (χ0) is 16.9. The number of nitrogens with one attached hydrogen (secondary N) is 1. The van der Waals surface area contributed by atoms with Crippen LogP contribution in [0.5, 0.6) is 5.75 Å². The van der Waals surface area contributed by atoms with E-state index in [4.69, 9.17) is 11.2 Å². The van der Waals surface area contributed by atoms with Crippen LogP contribution in [0.3, 0.4) is 0 Å². The number of ether oxygens (including phenoxy) is 1. The van der Waals surface area contributed by atoms with Gasteiger partial charge < -0.3 is 4.74 Å². The number of terminal acetylenes is 1. The van der Waals surface area contributed by atoms with Crippen molar-refractivity contribution in [3.63, 3.8) is 0 Å². The third-order valence-electron chi connectivity index (χ3n) is 2.94. The van der Waals surface area contributed by atoms with Crippen LogP contribution in [0, 0.1) is 12.3 Å². The SMILES string of the molecule is C#CCS(=O)(=O)c1ccc(/C=C/c2ccc(=O)[nH]n2)cc1OC. The summed E-state index contributed by atoms with van der Waals surface area (Å²) in [5, 5.41) is 6.17. The number of rotatable bonds is 5. The summed E-state index contributed by atoms with van der Waals surface area (Å²) in [7, 11) is -2.19. The van der Waals surface area contributed by atoms with E-state index in [1.165, 1.54) is 19.2 Å². The molecule has 0 fully saturated rings. The fourth-order valence-corrected chi connectivity index (χ4v) is 2.96. The number of H-pyrrole nitrogens is 1. The maximum atomic E-state index is 12.1. The van der Waals surface area contributed by atoms with Gasteiger partial charge in [-0.25, -0.2) is 13.5 Å². The van der Waals surface area contributed by atoms with Gasteiger partial charge in [-0.1, -0.05) is 18.1 Å². The normalized spacial score (nSPS) is 11.3. The minimum absolute atomic E-state index is 0.0530. The summed E-state index contributed by atoms with van der Waals surface area (Å²) in [6.07, 6.45) is 8.49. The summed E-state index contributed by atoms with van der Waals surface area (Å²) >= 11 is 0. The second-order valence-electron chi connectivity index (χ2n) is 4.55. The molecular weight excluding hydrogens is 316 g/mol. The molecule has 7 heteroatoms. The molecule has 0 amide bonds. The Kier molecular flexibility index (Phi) is 4.98. The Morgan fingerprint density at radius 1 is 1.30 bits per heavy atom. The standard InChI is InChI=1S/C16H14N2O4S/c1-3-10-23(20,21)15-8-5-12(11-14(15)22-2)4-6-13-7-9-16(19)18-17-13/h1,4-9,11H,10H2,2H3,(H,18,19)/b6-4+. The van der Waals surface area contributed by atoms with Crippen LogP contribution in [0.25, 0.3) is 12.2 Å². The summed E-state index contributed by atoms with van der Waals surface area (Å²) in [6.45, 7) is 0. The van der Waals surface area contributed by atoms with Gasteiger partial charge in [0.2, 0.25) is 0 Å². The van der Waals surface area contributed by atoms with Crippen molar-refractivity contribution in [2.75, 3.05) is 12.9 Å². The third-order valence-corrected chi connectivity index (χ3v) is 4.50. The Morgan fingerprint density at radius 3 is 2.70 bits per heavy atom. The maximum Gasteiger partial charge on any atom is 0.264 e. The van der Waals surface area contributed by atoms with Gasteiger partial charge in [0.15, 0.2) is 9.84 Å². The molecule has 23 heavy (non-hydrogen) atoms. The van der Waals surface area contributed by atoms with Gasteiger partial charge in [0.25, 0.3) is 5.56 Å². The number of sulfone groups is 1. The summed E-state index contributed by atoms with van der Waals surface area (Å²) in [6, 6.07) is 7.60. The van der Waals surface area contributed by atoms with Crippen molar-refractivity contribution in [3.8, 4) is 18.1 Å². The first kappa shape index (κ1) is 16.5. The average Bonchev–Trinajstić information content (AvgIpc) is 2.54. The molecule has 0 aliphatic carbocycles. The van der Waals surface area contributed by atoms with Crippen molar-refractivity contribution in [1.29, 1.82) is 0 Å². The van der Waals surface area contributed by atoms with Gasteiger partial charge in [0, 0.05) is 6.07 Å².